The van der Waals surface area contributed by atoms with E-state index in [1.807, 2.05) is 26.0 Å². The zero-order valence-electron chi connectivity index (χ0n) is 11.0. The molecule has 2 aromatic rings. The standard InChI is InChI=1S/C15H13Cl2NOS/c1-8-3-5-10(20)7-11(8)15(19)18-14-12(16)6-4-9(2)13(14)17/h3-7,20H,1-2H3,(H,18,19). The van der Waals surface area contributed by atoms with Crippen molar-refractivity contribution < 1.29 is 4.79 Å². The Morgan fingerprint density at radius 2 is 1.75 bits per heavy atom. The van der Waals surface area contributed by atoms with Gasteiger partial charge >= 0.3 is 0 Å². The number of hydrogen-bond donors (Lipinski definition) is 2. The normalized spacial score (nSPS) is 10.4. The second-order valence-corrected chi connectivity index (χ2v) is 5.81. The number of carbonyl (C=O) groups excluding carboxylic acids is 1. The van der Waals surface area contributed by atoms with Crippen molar-refractivity contribution in [3.05, 3.63) is 57.1 Å². The molecule has 2 rings (SSSR count). The summed E-state index contributed by atoms with van der Waals surface area (Å²) in [6, 6.07) is 8.91. The smallest absolute Gasteiger partial charge is 0.256 e. The van der Waals surface area contributed by atoms with E-state index in [9.17, 15) is 4.79 Å². The summed E-state index contributed by atoms with van der Waals surface area (Å²) in [5, 5.41) is 3.63. The highest BCUT2D eigenvalue weighted by molar-refractivity contribution is 7.80. The molecule has 0 aliphatic carbocycles. The van der Waals surface area contributed by atoms with E-state index >= 15 is 0 Å². The molecule has 0 aromatic heterocycles. The van der Waals surface area contributed by atoms with Crippen molar-refractivity contribution in [2.24, 2.45) is 0 Å². The largest absolute Gasteiger partial charge is 0.319 e. The van der Waals surface area contributed by atoms with Gasteiger partial charge in [-0.05, 0) is 43.2 Å². The number of carbonyl (C=O) groups is 1. The molecule has 0 unspecified atom stereocenters. The third-order valence-corrected chi connectivity index (χ3v) is 4.07. The van der Waals surface area contributed by atoms with E-state index in [0.717, 1.165) is 16.0 Å². The maximum Gasteiger partial charge on any atom is 0.256 e. The van der Waals surface area contributed by atoms with Gasteiger partial charge in [-0.15, -0.1) is 12.6 Å². The summed E-state index contributed by atoms with van der Waals surface area (Å²) in [5.74, 6) is -0.257. The maximum atomic E-state index is 12.3. The molecule has 0 saturated heterocycles. The number of amides is 1. The minimum atomic E-state index is -0.257. The van der Waals surface area contributed by atoms with E-state index < -0.39 is 0 Å². The van der Waals surface area contributed by atoms with Gasteiger partial charge in [-0.3, -0.25) is 4.79 Å². The van der Waals surface area contributed by atoms with Crippen molar-refractivity contribution in [2.75, 3.05) is 5.32 Å². The Morgan fingerprint density at radius 3 is 2.45 bits per heavy atom. The molecule has 0 fully saturated rings. The first-order chi connectivity index (χ1) is 9.40. The Bertz CT molecular complexity index is 686. The van der Waals surface area contributed by atoms with Gasteiger partial charge < -0.3 is 5.32 Å². The number of halogens is 2. The van der Waals surface area contributed by atoms with Crippen molar-refractivity contribution in [1.82, 2.24) is 0 Å². The predicted molar refractivity (Wildman–Crippen MR) is 87.6 cm³/mol. The lowest BCUT2D eigenvalue weighted by Gasteiger charge is -2.12. The highest BCUT2D eigenvalue weighted by atomic mass is 35.5. The first kappa shape index (κ1) is 15.2. The number of anilines is 1. The van der Waals surface area contributed by atoms with Crippen molar-refractivity contribution in [2.45, 2.75) is 18.7 Å². The zero-order chi connectivity index (χ0) is 14.9. The van der Waals surface area contributed by atoms with Gasteiger partial charge in [0.1, 0.15) is 0 Å². The predicted octanol–water partition coefficient (Wildman–Crippen LogP) is 5.15. The number of aryl methyl sites for hydroxylation is 2. The molecule has 0 aliphatic rings. The highest BCUT2D eigenvalue weighted by Gasteiger charge is 2.15. The van der Waals surface area contributed by atoms with Crippen LogP contribution in [-0.2, 0) is 0 Å². The summed E-state index contributed by atoms with van der Waals surface area (Å²) >= 11 is 16.5. The summed E-state index contributed by atoms with van der Waals surface area (Å²) in [6.45, 7) is 3.72. The van der Waals surface area contributed by atoms with E-state index in [0.29, 0.717) is 21.3 Å². The molecule has 2 aromatic carbocycles. The fourth-order valence-electron chi connectivity index (χ4n) is 1.81. The van der Waals surface area contributed by atoms with Gasteiger partial charge in [0.05, 0.1) is 15.7 Å². The van der Waals surface area contributed by atoms with Gasteiger partial charge in [-0.1, -0.05) is 35.3 Å². The Labute approximate surface area is 133 Å². The molecule has 2 nitrogen and oxygen atoms in total. The van der Waals surface area contributed by atoms with Crippen LogP contribution in [0.4, 0.5) is 5.69 Å². The molecule has 1 N–H and O–H groups in total. The van der Waals surface area contributed by atoms with Crippen LogP contribution < -0.4 is 5.32 Å². The van der Waals surface area contributed by atoms with E-state index in [1.54, 1.807) is 18.2 Å². The molecule has 20 heavy (non-hydrogen) atoms. The van der Waals surface area contributed by atoms with Crippen LogP contribution in [0.15, 0.2) is 35.2 Å². The molecule has 1 amide bonds. The Kier molecular flexibility index (Phi) is 4.63. The molecule has 0 aliphatic heterocycles. The van der Waals surface area contributed by atoms with Crippen LogP contribution in [0.5, 0.6) is 0 Å². The zero-order valence-corrected chi connectivity index (χ0v) is 13.4. The second-order valence-electron chi connectivity index (χ2n) is 4.51. The van der Waals surface area contributed by atoms with Gasteiger partial charge in [0, 0.05) is 10.5 Å². The second kappa shape index (κ2) is 6.08. The minimum absolute atomic E-state index is 0.257. The quantitative estimate of drug-likeness (QED) is 0.734. The lowest BCUT2D eigenvalue weighted by Crippen LogP contribution is -2.14. The van der Waals surface area contributed by atoms with E-state index in [1.165, 1.54) is 0 Å². The van der Waals surface area contributed by atoms with Crippen LogP contribution in [0.2, 0.25) is 10.0 Å². The Hall–Kier alpha value is -1.16. The summed E-state index contributed by atoms with van der Waals surface area (Å²) < 4.78 is 0. The molecular weight excluding hydrogens is 313 g/mol. The van der Waals surface area contributed by atoms with Crippen LogP contribution in [0.1, 0.15) is 21.5 Å². The van der Waals surface area contributed by atoms with Crippen molar-refractivity contribution in [3.63, 3.8) is 0 Å². The SMILES string of the molecule is Cc1ccc(S)cc1C(=O)Nc1c(Cl)ccc(C)c1Cl. The van der Waals surface area contributed by atoms with Crippen LogP contribution in [0, 0.1) is 13.8 Å². The van der Waals surface area contributed by atoms with Crippen molar-refractivity contribution in [3.8, 4) is 0 Å². The average molecular weight is 326 g/mol. The first-order valence-electron chi connectivity index (χ1n) is 5.95. The van der Waals surface area contributed by atoms with Crippen LogP contribution in [0.3, 0.4) is 0 Å². The monoisotopic (exact) mass is 325 g/mol. The summed E-state index contributed by atoms with van der Waals surface area (Å²) in [7, 11) is 0. The van der Waals surface area contributed by atoms with Crippen LogP contribution in [-0.4, -0.2) is 5.91 Å². The Morgan fingerprint density at radius 1 is 1.10 bits per heavy atom. The van der Waals surface area contributed by atoms with Crippen LogP contribution in [0.25, 0.3) is 0 Å². The number of nitrogens with one attached hydrogen (secondary N) is 1. The number of thiol groups is 1. The lowest BCUT2D eigenvalue weighted by atomic mass is 10.1. The van der Waals surface area contributed by atoms with E-state index in [-0.39, 0.29) is 5.91 Å². The van der Waals surface area contributed by atoms with E-state index in [2.05, 4.69) is 17.9 Å². The van der Waals surface area contributed by atoms with Gasteiger partial charge in [0.15, 0.2) is 0 Å². The van der Waals surface area contributed by atoms with Gasteiger partial charge in [-0.25, -0.2) is 0 Å². The minimum Gasteiger partial charge on any atom is -0.319 e. The van der Waals surface area contributed by atoms with Crippen molar-refractivity contribution in [1.29, 1.82) is 0 Å². The molecule has 0 heterocycles. The Balaban J connectivity index is 2.38. The third-order valence-electron chi connectivity index (χ3n) is 2.99. The molecule has 0 bridgehead atoms. The van der Waals surface area contributed by atoms with Gasteiger partial charge in [0.25, 0.3) is 5.91 Å². The molecule has 0 radical (unpaired) electrons. The average Bonchev–Trinajstić information content (AvgIpc) is 2.41. The molecule has 104 valence electrons. The number of rotatable bonds is 2. The molecule has 5 heteroatoms. The summed E-state index contributed by atoms with van der Waals surface area (Å²) in [5.41, 5.74) is 2.69. The number of benzene rings is 2. The topological polar surface area (TPSA) is 29.1 Å². The van der Waals surface area contributed by atoms with Gasteiger partial charge in [0.2, 0.25) is 0 Å². The highest BCUT2D eigenvalue weighted by Crippen LogP contribution is 2.33. The molecular formula is C15H13Cl2NOS. The maximum absolute atomic E-state index is 12.3. The van der Waals surface area contributed by atoms with E-state index in [4.69, 9.17) is 23.2 Å². The molecule has 0 spiro atoms. The third kappa shape index (κ3) is 3.11. The number of hydrogen-bond acceptors (Lipinski definition) is 2. The summed E-state index contributed by atoms with van der Waals surface area (Å²) in [6.07, 6.45) is 0. The van der Waals surface area contributed by atoms with Crippen LogP contribution >= 0.6 is 35.8 Å². The fourth-order valence-corrected chi connectivity index (χ4v) is 2.48. The molecule has 0 atom stereocenters. The first-order valence-corrected chi connectivity index (χ1v) is 7.16. The fraction of sp³-hybridized carbons (Fsp3) is 0.133. The summed E-state index contributed by atoms with van der Waals surface area (Å²) in [4.78, 5) is 13.1. The van der Waals surface area contributed by atoms with Gasteiger partial charge in [-0.2, -0.15) is 0 Å². The molecule has 0 saturated carbocycles. The lowest BCUT2D eigenvalue weighted by molar-refractivity contribution is 0.102. The van der Waals surface area contributed by atoms with Crippen molar-refractivity contribution >= 4 is 47.4 Å².